The highest BCUT2D eigenvalue weighted by molar-refractivity contribution is 5.86. The Morgan fingerprint density at radius 1 is 0.870 bits per heavy atom. The van der Waals surface area contributed by atoms with Gasteiger partial charge in [-0.2, -0.15) is 0 Å². The van der Waals surface area contributed by atoms with Crippen molar-refractivity contribution in [3.63, 3.8) is 0 Å². The van der Waals surface area contributed by atoms with Crippen molar-refractivity contribution in [1.82, 2.24) is 0 Å². The monoisotopic (exact) mass is 650 g/mol. The van der Waals surface area contributed by atoms with E-state index in [1.165, 1.54) is 38.3 Å². The summed E-state index contributed by atoms with van der Waals surface area (Å²) in [6, 6.07) is 7.73. The predicted octanol–water partition coefficient (Wildman–Crippen LogP) is -0.519. The fourth-order valence-corrected chi connectivity index (χ4v) is 5.19. The lowest BCUT2D eigenvalue weighted by atomic mass is 9.97. The van der Waals surface area contributed by atoms with Crippen molar-refractivity contribution in [3.8, 4) is 34.3 Å². The number of phenolic OH excluding ortho intramolecular Hbond substituents is 2. The van der Waals surface area contributed by atoms with Crippen LogP contribution in [0.1, 0.15) is 13.8 Å². The molecule has 3 aromatic rings. The Kier molecular flexibility index (Phi) is 9.71. The SMILES string of the molecule is COc1ccc(-c2cc(=O)c3c(O)cc(O[C@@H]4O[C@H](COC(C)=O)[C@@H](O)[C@H](O)[C@H]4O[C@@H]4O[C@@H](C)[C@H](O)[C@@H](O)[C@H]4O)cc3o2)cc1O. The smallest absolute Gasteiger partial charge is 0.302 e. The molecule has 3 heterocycles. The minimum Gasteiger partial charge on any atom is -0.507 e. The number of fused-ring (bicyclic) bond motifs is 1. The third-order valence-corrected chi connectivity index (χ3v) is 7.69. The standard InChI is InChI=1S/C30H34O16/c1-11-23(35)25(37)27(39)29(42-11)46-28-26(38)24(36)21(10-41-12(2)31)45-30(28)43-14-7-16(33)22-17(34)9-19(44-20(22)8-14)13-4-5-18(40-3)15(32)6-13/h4-9,11,21,23-30,32-33,35-39H,10H2,1-3H3/t11-,21+,23-,24+,25+,26-,27+,28+,29-,30+/m0/s1. The molecule has 0 unspecified atom stereocenters. The van der Waals surface area contributed by atoms with E-state index in [1.54, 1.807) is 0 Å². The van der Waals surface area contributed by atoms with Gasteiger partial charge < -0.3 is 68.6 Å². The van der Waals surface area contributed by atoms with Crippen molar-refractivity contribution in [2.45, 2.75) is 75.3 Å². The third kappa shape index (κ3) is 6.60. The van der Waals surface area contributed by atoms with Crippen molar-refractivity contribution in [1.29, 1.82) is 0 Å². The Hall–Kier alpha value is -4.00. The van der Waals surface area contributed by atoms with Crippen LogP contribution < -0.4 is 14.9 Å². The molecule has 5 rings (SSSR count). The summed E-state index contributed by atoms with van der Waals surface area (Å²) in [5.74, 6) is -1.42. The van der Waals surface area contributed by atoms with Crippen LogP contribution in [0.2, 0.25) is 0 Å². The van der Waals surface area contributed by atoms with E-state index in [2.05, 4.69) is 0 Å². The molecule has 2 aliphatic rings. The van der Waals surface area contributed by atoms with Gasteiger partial charge in [0, 0.05) is 30.7 Å². The van der Waals surface area contributed by atoms with Gasteiger partial charge in [-0.3, -0.25) is 9.59 Å². The molecule has 10 atom stereocenters. The molecule has 7 N–H and O–H groups in total. The second-order valence-electron chi connectivity index (χ2n) is 10.9. The maximum Gasteiger partial charge on any atom is 0.302 e. The molecule has 0 saturated carbocycles. The maximum atomic E-state index is 13.0. The first kappa shape index (κ1) is 33.4. The lowest BCUT2D eigenvalue weighted by Gasteiger charge is -2.45. The molecule has 2 saturated heterocycles. The summed E-state index contributed by atoms with van der Waals surface area (Å²) < 4.78 is 38.8. The summed E-state index contributed by atoms with van der Waals surface area (Å²) in [6.45, 7) is 2.04. The minimum atomic E-state index is -1.81. The van der Waals surface area contributed by atoms with Crippen LogP contribution >= 0.6 is 0 Å². The van der Waals surface area contributed by atoms with Gasteiger partial charge in [-0.05, 0) is 25.1 Å². The van der Waals surface area contributed by atoms with Crippen LogP contribution in [0.5, 0.6) is 23.0 Å². The molecule has 2 aliphatic heterocycles. The van der Waals surface area contributed by atoms with Gasteiger partial charge in [0.25, 0.3) is 0 Å². The first-order valence-electron chi connectivity index (χ1n) is 14.1. The van der Waals surface area contributed by atoms with E-state index < -0.39 is 85.2 Å². The number of esters is 1. The van der Waals surface area contributed by atoms with Crippen LogP contribution in [-0.4, -0.2) is 117 Å². The highest BCUT2D eigenvalue weighted by atomic mass is 16.8. The normalized spacial score (nSPS) is 31.4. The fourth-order valence-electron chi connectivity index (χ4n) is 5.19. The molecule has 2 fully saturated rings. The lowest BCUT2D eigenvalue weighted by molar-refractivity contribution is -0.354. The van der Waals surface area contributed by atoms with Crippen LogP contribution in [0, 0.1) is 0 Å². The topological polar surface area (TPSA) is 244 Å². The fraction of sp³-hybridized carbons (Fsp3) is 0.467. The maximum absolute atomic E-state index is 13.0. The molecule has 0 bridgehead atoms. The van der Waals surface area contributed by atoms with E-state index in [1.807, 2.05) is 0 Å². The number of hydrogen-bond donors (Lipinski definition) is 7. The molecule has 1 aromatic heterocycles. The Bertz CT molecular complexity index is 1620. The number of carbonyl (C=O) groups excluding carboxylic acids is 1. The number of aromatic hydroxyl groups is 2. The largest absolute Gasteiger partial charge is 0.507 e. The second kappa shape index (κ2) is 13.4. The van der Waals surface area contributed by atoms with Crippen LogP contribution in [0.3, 0.4) is 0 Å². The first-order valence-corrected chi connectivity index (χ1v) is 14.1. The van der Waals surface area contributed by atoms with Gasteiger partial charge >= 0.3 is 5.97 Å². The molecule has 0 radical (unpaired) electrons. The van der Waals surface area contributed by atoms with Gasteiger partial charge in [0.1, 0.15) is 71.5 Å². The zero-order chi connectivity index (χ0) is 33.4. The summed E-state index contributed by atoms with van der Waals surface area (Å²) in [4.78, 5) is 24.4. The van der Waals surface area contributed by atoms with E-state index in [0.717, 1.165) is 19.1 Å². The predicted molar refractivity (Wildman–Crippen MR) is 153 cm³/mol. The van der Waals surface area contributed by atoms with Crippen LogP contribution in [0.4, 0.5) is 0 Å². The molecule has 46 heavy (non-hydrogen) atoms. The molecule has 16 nitrogen and oxygen atoms in total. The first-order chi connectivity index (χ1) is 21.8. The van der Waals surface area contributed by atoms with E-state index in [-0.39, 0.29) is 34.0 Å². The molecular formula is C30H34O16. The van der Waals surface area contributed by atoms with E-state index >= 15 is 0 Å². The van der Waals surface area contributed by atoms with Gasteiger partial charge in [-0.25, -0.2) is 0 Å². The van der Waals surface area contributed by atoms with Gasteiger partial charge in [0.15, 0.2) is 29.3 Å². The second-order valence-corrected chi connectivity index (χ2v) is 10.9. The van der Waals surface area contributed by atoms with Crippen LogP contribution in [-0.2, 0) is 23.7 Å². The number of methoxy groups -OCH3 is 1. The molecule has 0 amide bonds. The summed E-state index contributed by atoms with van der Waals surface area (Å²) in [5, 5.41) is 73.3. The number of rotatable bonds is 8. The molecule has 0 spiro atoms. The van der Waals surface area contributed by atoms with Crippen LogP contribution in [0.15, 0.2) is 45.6 Å². The Labute approximate surface area is 260 Å². The number of aliphatic hydroxyl groups excluding tert-OH is 5. The summed E-state index contributed by atoms with van der Waals surface area (Å²) in [6.07, 6.45) is -15.7. The number of carbonyl (C=O) groups is 1. The van der Waals surface area contributed by atoms with E-state index in [9.17, 15) is 45.3 Å². The Balaban J connectivity index is 1.49. The van der Waals surface area contributed by atoms with Gasteiger partial charge in [-0.15, -0.1) is 0 Å². The van der Waals surface area contributed by atoms with Gasteiger partial charge in [0.2, 0.25) is 6.29 Å². The van der Waals surface area contributed by atoms with Crippen molar-refractivity contribution < 1.29 is 73.4 Å². The van der Waals surface area contributed by atoms with Crippen molar-refractivity contribution >= 4 is 16.9 Å². The molecule has 2 aromatic carbocycles. The molecule has 16 heteroatoms. The Morgan fingerprint density at radius 2 is 1.61 bits per heavy atom. The number of ether oxygens (including phenoxy) is 6. The minimum absolute atomic E-state index is 0.0282. The van der Waals surface area contributed by atoms with Gasteiger partial charge in [0.05, 0.1) is 13.2 Å². The highest BCUT2D eigenvalue weighted by Crippen LogP contribution is 2.36. The zero-order valence-electron chi connectivity index (χ0n) is 24.7. The average molecular weight is 651 g/mol. The molecule has 0 aliphatic carbocycles. The molecule has 250 valence electrons. The van der Waals surface area contributed by atoms with Crippen molar-refractivity contribution in [2.75, 3.05) is 13.7 Å². The highest BCUT2D eigenvalue weighted by Gasteiger charge is 2.51. The van der Waals surface area contributed by atoms with Crippen molar-refractivity contribution in [3.05, 3.63) is 46.6 Å². The summed E-state index contributed by atoms with van der Waals surface area (Å²) >= 11 is 0. The number of phenols is 2. The third-order valence-electron chi connectivity index (χ3n) is 7.69. The average Bonchev–Trinajstić information content (AvgIpc) is 3.00. The summed E-state index contributed by atoms with van der Waals surface area (Å²) in [5.41, 5.74) is -0.454. The summed E-state index contributed by atoms with van der Waals surface area (Å²) in [7, 11) is 1.37. The van der Waals surface area contributed by atoms with Crippen LogP contribution in [0.25, 0.3) is 22.3 Å². The molecular weight excluding hydrogens is 616 g/mol. The van der Waals surface area contributed by atoms with E-state index in [4.69, 9.17) is 32.8 Å². The lowest BCUT2D eigenvalue weighted by Crippen LogP contribution is -2.64. The number of aliphatic hydroxyl groups is 5. The number of hydrogen-bond acceptors (Lipinski definition) is 16. The Morgan fingerprint density at radius 3 is 2.28 bits per heavy atom. The van der Waals surface area contributed by atoms with Gasteiger partial charge in [-0.1, -0.05) is 0 Å². The van der Waals surface area contributed by atoms with E-state index in [0.29, 0.717) is 5.56 Å². The zero-order valence-corrected chi connectivity index (χ0v) is 24.7. The quantitative estimate of drug-likeness (QED) is 0.152. The van der Waals surface area contributed by atoms with Crippen molar-refractivity contribution in [2.24, 2.45) is 0 Å². The number of benzene rings is 2.